The summed E-state index contributed by atoms with van der Waals surface area (Å²) in [7, 11) is 0. The molecular formula is C13H18BrN3O2. The number of ether oxygens (including phenoxy) is 1. The molecule has 0 spiro atoms. The van der Waals surface area contributed by atoms with Gasteiger partial charge in [0.15, 0.2) is 0 Å². The molecule has 0 bridgehead atoms. The van der Waals surface area contributed by atoms with Gasteiger partial charge >= 0.3 is 5.97 Å². The summed E-state index contributed by atoms with van der Waals surface area (Å²) in [4.78, 5) is 18.3. The van der Waals surface area contributed by atoms with Crippen molar-refractivity contribution < 1.29 is 9.53 Å². The maximum absolute atomic E-state index is 11.8. The topological polar surface area (TPSA) is 68.5 Å². The number of piperidine rings is 1. The summed E-state index contributed by atoms with van der Waals surface area (Å²) in [5.74, 6) is 0.655. The minimum atomic E-state index is -0.112. The van der Waals surface area contributed by atoms with Gasteiger partial charge in [-0.2, -0.15) is 0 Å². The third-order valence-corrected chi connectivity index (χ3v) is 3.77. The normalized spacial score (nSPS) is 19.3. The van der Waals surface area contributed by atoms with E-state index >= 15 is 0 Å². The van der Waals surface area contributed by atoms with Crippen molar-refractivity contribution in [1.29, 1.82) is 0 Å². The van der Waals surface area contributed by atoms with Gasteiger partial charge in [0.1, 0.15) is 5.82 Å². The fraction of sp³-hybridized carbons (Fsp3) is 0.538. The average Bonchev–Trinajstić information content (AvgIpc) is 2.39. The second-order valence-corrected chi connectivity index (χ2v) is 5.47. The Morgan fingerprint density at radius 2 is 2.47 bits per heavy atom. The van der Waals surface area contributed by atoms with Crippen molar-refractivity contribution in [2.24, 2.45) is 5.92 Å². The molecule has 6 heteroatoms. The molecule has 2 N–H and O–H groups in total. The molecule has 2 rings (SSSR count). The van der Waals surface area contributed by atoms with E-state index in [9.17, 15) is 4.79 Å². The van der Waals surface area contributed by atoms with Gasteiger partial charge in [-0.05, 0) is 41.8 Å². The van der Waals surface area contributed by atoms with Gasteiger partial charge in [-0.1, -0.05) is 0 Å². The van der Waals surface area contributed by atoms with Gasteiger partial charge in [0, 0.05) is 13.1 Å². The minimum absolute atomic E-state index is 0.0695. The highest BCUT2D eigenvalue weighted by atomic mass is 79.9. The summed E-state index contributed by atoms with van der Waals surface area (Å²) < 4.78 is 5.96. The molecule has 1 unspecified atom stereocenters. The molecule has 0 aliphatic carbocycles. The van der Waals surface area contributed by atoms with Crippen LogP contribution < -0.4 is 10.6 Å². The lowest BCUT2D eigenvalue weighted by molar-refractivity contribution is -0.148. The number of carbonyl (C=O) groups excluding carboxylic acids is 1. The number of nitrogens with two attached hydrogens (primary N) is 1. The Balaban J connectivity index is 2.10. The van der Waals surface area contributed by atoms with Gasteiger partial charge in [-0.3, -0.25) is 4.79 Å². The predicted molar refractivity (Wildman–Crippen MR) is 77.9 cm³/mol. The Morgan fingerprint density at radius 3 is 3.16 bits per heavy atom. The Labute approximate surface area is 121 Å². The Kier molecular flexibility index (Phi) is 4.63. The number of hydrogen-bond donors (Lipinski definition) is 1. The van der Waals surface area contributed by atoms with E-state index in [-0.39, 0.29) is 11.9 Å². The molecule has 1 aromatic rings. The highest BCUT2D eigenvalue weighted by molar-refractivity contribution is 9.10. The summed E-state index contributed by atoms with van der Waals surface area (Å²) in [6.07, 6.45) is 3.47. The summed E-state index contributed by atoms with van der Waals surface area (Å²) >= 11 is 3.47. The maximum Gasteiger partial charge on any atom is 0.310 e. The van der Waals surface area contributed by atoms with E-state index in [4.69, 9.17) is 10.5 Å². The standard InChI is InChI=1S/C13H18BrN3O2/c1-2-19-13(18)9-4-3-5-17(8-9)12-11(14)6-10(15)7-16-12/h6-7,9H,2-5,8,15H2,1H3. The number of carbonyl (C=O) groups is 1. The Morgan fingerprint density at radius 1 is 1.68 bits per heavy atom. The van der Waals surface area contributed by atoms with E-state index in [0.29, 0.717) is 18.8 Å². The van der Waals surface area contributed by atoms with Crippen LogP contribution in [0.15, 0.2) is 16.7 Å². The molecule has 1 saturated heterocycles. The van der Waals surface area contributed by atoms with Crippen LogP contribution in [0.25, 0.3) is 0 Å². The lowest BCUT2D eigenvalue weighted by atomic mass is 9.98. The highest BCUT2D eigenvalue weighted by Gasteiger charge is 2.28. The molecule has 1 fully saturated rings. The number of nitrogen functional groups attached to an aromatic ring is 1. The zero-order valence-electron chi connectivity index (χ0n) is 10.9. The molecule has 1 aliphatic heterocycles. The maximum atomic E-state index is 11.8. The number of rotatable bonds is 3. The summed E-state index contributed by atoms with van der Waals surface area (Å²) in [5.41, 5.74) is 6.31. The average molecular weight is 328 g/mol. The summed E-state index contributed by atoms with van der Waals surface area (Å²) in [6.45, 7) is 3.80. The van der Waals surface area contributed by atoms with Crippen LogP contribution in [-0.4, -0.2) is 30.6 Å². The molecule has 0 saturated carbocycles. The molecule has 0 aromatic carbocycles. The molecule has 0 radical (unpaired) electrons. The van der Waals surface area contributed by atoms with Crippen LogP contribution in [0.3, 0.4) is 0 Å². The van der Waals surface area contributed by atoms with Crippen molar-refractivity contribution in [3.63, 3.8) is 0 Å². The van der Waals surface area contributed by atoms with E-state index in [1.54, 1.807) is 6.20 Å². The smallest absolute Gasteiger partial charge is 0.310 e. The lowest BCUT2D eigenvalue weighted by Crippen LogP contribution is -2.40. The first-order valence-corrected chi connectivity index (χ1v) is 7.23. The van der Waals surface area contributed by atoms with Crippen molar-refractivity contribution in [3.05, 3.63) is 16.7 Å². The van der Waals surface area contributed by atoms with Crippen molar-refractivity contribution in [2.45, 2.75) is 19.8 Å². The first kappa shape index (κ1) is 14.1. The molecule has 1 aromatic heterocycles. The van der Waals surface area contributed by atoms with Gasteiger partial charge in [0.05, 0.1) is 28.9 Å². The zero-order valence-corrected chi connectivity index (χ0v) is 12.5. The van der Waals surface area contributed by atoms with Crippen LogP contribution in [0.4, 0.5) is 11.5 Å². The molecule has 2 heterocycles. The number of esters is 1. The molecular weight excluding hydrogens is 310 g/mol. The number of hydrogen-bond acceptors (Lipinski definition) is 5. The van der Waals surface area contributed by atoms with Crippen LogP contribution in [-0.2, 0) is 9.53 Å². The van der Waals surface area contributed by atoms with E-state index in [2.05, 4.69) is 25.8 Å². The zero-order chi connectivity index (χ0) is 13.8. The molecule has 5 nitrogen and oxygen atoms in total. The minimum Gasteiger partial charge on any atom is -0.466 e. The van der Waals surface area contributed by atoms with Gasteiger partial charge < -0.3 is 15.4 Å². The van der Waals surface area contributed by atoms with E-state index in [1.165, 1.54) is 0 Å². The quantitative estimate of drug-likeness (QED) is 0.862. The number of anilines is 2. The van der Waals surface area contributed by atoms with Gasteiger partial charge in [0.25, 0.3) is 0 Å². The number of pyridine rings is 1. The number of nitrogens with zero attached hydrogens (tertiary/aromatic N) is 2. The van der Waals surface area contributed by atoms with Crippen LogP contribution in [0, 0.1) is 5.92 Å². The van der Waals surface area contributed by atoms with Crippen LogP contribution >= 0.6 is 15.9 Å². The fourth-order valence-electron chi connectivity index (χ4n) is 2.30. The second kappa shape index (κ2) is 6.23. The highest BCUT2D eigenvalue weighted by Crippen LogP contribution is 2.29. The summed E-state index contributed by atoms with van der Waals surface area (Å²) in [5, 5.41) is 0. The SMILES string of the molecule is CCOC(=O)C1CCCN(c2ncc(N)cc2Br)C1. The third kappa shape index (κ3) is 3.37. The lowest BCUT2D eigenvalue weighted by Gasteiger charge is -2.32. The van der Waals surface area contributed by atoms with Gasteiger partial charge in [-0.25, -0.2) is 4.98 Å². The first-order chi connectivity index (χ1) is 9.11. The Hall–Kier alpha value is -1.30. The molecule has 0 amide bonds. The Bertz CT molecular complexity index is 467. The van der Waals surface area contributed by atoms with Gasteiger partial charge in [-0.15, -0.1) is 0 Å². The molecule has 1 atom stereocenters. The molecule has 104 valence electrons. The fourth-order valence-corrected chi connectivity index (χ4v) is 2.92. The van der Waals surface area contributed by atoms with Crippen LogP contribution in [0.2, 0.25) is 0 Å². The second-order valence-electron chi connectivity index (χ2n) is 4.61. The predicted octanol–water partition coefficient (Wildman–Crippen LogP) is 2.21. The molecule has 1 aliphatic rings. The first-order valence-electron chi connectivity index (χ1n) is 6.44. The number of aromatic nitrogens is 1. The largest absolute Gasteiger partial charge is 0.466 e. The van der Waals surface area contributed by atoms with Crippen molar-refractivity contribution in [2.75, 3.05) is 30.3 Å². The summed E-state index contributed by atoms with van der Waals surface area (Å²) in [6, 6.07) is 1.83. The van der Waals surface area contributed by atoms with Gasteiger partial charge in [0.2, 0.25) is 0 Å². The molecule has 19 heavy (non-hydrogen) atoms. The van der Waals surface area contributed by atoms with Crippen LogP contribution in [0.1, 0.15) is 19.8 Å². The van der Waals surface area contributed by atoms with Crippen molar-refractivity contribution in [3.8, 4) is 0 Å². The van der Waals surface area contributed by atoms with Crippen molar-refractivity contribution in [1.82, 2.24) is 4.98 Å². The van der Waals surface area contributed by atoms with Crippen LogP contribution in [0.5, 0.6) is 0 Å². The van der Waals surface area contributed by atoms with E-state index in [1.807, 2.05) is 13.0 Å². The van der Waals surface area contributed by atoms with E-state index < -0.39 is 0 Å². The van der Waals surface area contributed by atoms with E-state index in [0.717, 1.165) is 29.7 Å². The third-order valence-electron chi connectivity index (χ3n) is 3.18. The van der Waals surface area contributed by atoms with Crippen molar-refractivity contribution >= 4 is 33.4 Å². The number of halogens is 1. The monoisotopic (exact) mass is 327 g/mol.